The van der Waals surface area contributed by atoms with Gasteiger partial charge in [0.2, 0.25) is 0 Å². The molecule has 0 heterocycles. The van der Waals surface area contributed by atoms with Crippen molar-refractivity contribution in [3.63, 3.8) is 0 Å². The molecule has 6 nitrogen and oxygen atoms in total. The zero-order valence-corrected chi connectivity index (χ0v) is 15.6. The van der Waals surface area contributed by atoms with Crippen molar-refractivity contribution in [1.29, 1.82) is 0 Å². The van der Waals surface area contributed by atoms with E-state index in [-0.39, 0.29) is 39.7 Å². The van der Waals surface area contributed by atoms with Crippen molar-refractivity contribution in [2.24, 2.45) is 0 Å². The number of carbonyl (C=O) groups is 1. The molecule has 134 valence electrons. The molecule has 9 heteroatoms. The fourth-order valence-corrected chi connectivity index (χ4v) is 3.87. The number of amides is 1. The van der Waals surface area contributed by atoms with E-state index < -0.39 is 10.0 Å². The van der Waals surface area contributed by atoms with Gasteiger partial charge in [0.25, 0.3) is 15.9 Å². The second-order valence-electron chi connectivity index (χ2n) is 5.21. The summed E-state index contributed by atoms with van der Waals surface area (Å²) in [4.78, 5) is 13.3. The third-order valence-electron chi connectivity index (χ3n) is 3.35. The van der Waals surface area contributed by atoms with E-state index >= 15 is 0 Å². The number of sulfonamides is 1. The molecule has 0 aliphatic heterocycles. The summed E-state index contributed by atoms with van der Waals surface area (Å²) in [5, 5.41) is 9.16. The molecule has 1 amide bonds. The number of likely N-dealkylation sites (N-methyl/N-ethyl adjacent to an activating group) is 1. The lowest BCUT2D eigenvalue weighted by atomic mass is 10.2. The van der Waals surface area contributed by atoms with Crippen molar-refractivity contribution in [2.75, 3.05) is 24.9 Å². The van der Waals surface area contributed by atoms with Crippen molar-refractivity contribution < 1.29 is 18.3 Å². The van der Waals surface area contributed by atoms with Gasteiger partial charge in [0.15, 0.2) is 0 Å². The van der Waals surface area contributed by atoms with Gasteiger partial charge in [-0.05, 0) is 42.5 Å². The van der Waals surface area contributed by atoms with Crippen LogP contribution >= 0.6 is 23.2 Å². The van der Waals surface area contributed by atoms with Crippen LogP contribution in [0.15, 0.2) is 47.4 Å². The van der Waals surface area contributed by atoms with Crippen LogP contribution in [0.25, 0.3) is 0 Å². The van der Waals surface area contributed by atoms with E-state index in [9.17, 15) is 13.2 Å². The van der Waals surface area contributed by atoms with Crippen molar-refractivity contribution in [2.45, 2.75) is 4.90 Å². The Morgan fingerprint density at radius 1 is 1.16 bits per heavy atom. The average Bonchev–Trinajstić information content (AvgIpc) is 2.57. The van der Waals surface area contributed by atoms with Crippen molar-refractivity contribution in [1.82, 2.24) is 4.90 Å². The average molecular weight is 403 g/mol. The third kappa shape index (κ3) is 4.85. The van der Waals surface area contributed by atoms with Crippen molar-refractivity contribution in [3.8, 4) is 0 Å². The van der Waals surface area contributed by atoms with Crippen molar-refractivity contribution in [3.05, 3.63) is 58.1 Å². The Kier molecular flexibility index (Phi) is 6.29. The Hall–Kier alpha value is -1.80. The Morgan fingerprint density at radius 3 is 2.40 bits per heavy atom. The highest BCUT2D eigenvalue weighted by Gasteiger charge is 2.19. The molecule has 0 saturated carbocycles. The monoisotopic (exact) mass is 402 g/mol. The van der Waals surface area contributed by atoms with Gasteiger partial charge in [-0.15, -0.1) is 0 Å². The van der Waals surface area contributed by atoms with Gasteiger partial charge in [-0.1, -0.05) is 23.2 Å². The number of nitrogens with zero attached hydrogens (tertiary/aromatic N) is 1. The topological polar surface area (TPSA) is 86.7 Å². The van der Waals surface area contributed by atoms with Gasteiger partial charge in [-0.25, -0.2) is 8.42 Å². The number of anilines is 1. The van der Waals surface area contributed by atoms with Crippen LogP contribution in [0.4, 0.5) is 5.69 Å². The summed E-state index contributed by atoms with van der Waals surface area (Å²) in [5.74, 6) is -0.277. The molecule has 0 aliphatic rings. The largest absolute Gasteiger partial charge is 0.395 e. The second kappa shape index (κ2) is 8.05. The third-order valence-corrected chi connectivity index (χ3v) is 5.45. The van der Waals surface area contributed by atoms with Crippen molar-refractivity contribution >= 4 is 44.8 Å². The molecule has 2 aromatic rings. The summed E-state index contributed by atoms with van der Waals surface area (Å²) in [5.41, 5.74) is 0.650. The molecule has 0 radical (unpaired) electrons. The lowest BCUT2D eigenvalue weighted by molar-refractivity contribution is 0.0767. The van der Waals surface area contributed by atoms with Gasteiger partial charge in [0.1, 0.15) is 4.90 Å². The van der Waals surface area contributed by atoms with E-state index in [2.05, 4.69) is 4.72 Å². The van der Waals surface area contributed by atoms with E-state index in [1.807, 2.05) is 0 Å². The predicted molar refractivity (Wildman–Crippen MR) is 97.8 cm³/mol. The molecule has 0 bridgehead atoms. The highest BCUT2D eigenvalue weighted by molar-refractivity contribution is 7.92. The Bertz CT molecular complexity index is 870. The van der Waals surface area contributed by atoms with E-state index in [0.29, 0.717) is 5.56 Å². The minimum Gasteiger partial charge on any atom is -0.395 e. The maximum absolute atomic E-state index is 12.4. The number of nitrogens with one attached hydrogen (secondary N) is 1. The van der Waals surface area contributed by atoms with Gasteiger partial charge in [-0.2, -0.15) is 0 Å². The van der Waals surface area contributed by atoms with Gasteiger partial charge >= 0.3 is 0 Å². The fourth-order valence-electron chi connectivity index (χ4n) is 2.05. The summed E-state index contributed by atoms with van der Waals surface area (Å²) in [6, 6.07) is 10.1. The molecule has 0 aliphatic carbocycles. The summed E-state index contributed by atoms with van der Waals surface area (Å²) in [6.07, 6.45) is 0. The van der Waals surface area contributed by atoms with Crippen LogP contribution in [-0.2, 0) is 10.0 Å². The van der Waals surface area contributed by atoms with Crippen LogP contribution < -0.4 is 4.72 Å². The number of rotatable bonds is 6. The number of halogens is 2. The summed E-state index contributed by atoms with van der Waals surface area (Å²) in [6.45, 7) is 0.0704. The highest BCUT2D eigenvalue weighted by atomic mass is 35.5. The minimum atomic E-state index is -3.92. The Labute approximate surface area is 156 Å². The molecule has 0 atom stereocenters. The molecule has 2 rings (SSSR count). The van der Waals surface area contributed by atoms with Gasteiger partial charge in [-0.3, -0.25) is 9.52 Å². The molecule has 2 N–H and O–H groups in total. The zero-order valence-electron chi connectivity index (χ0n) is 13.2. The smallest absolute Gasteiger partial charge is 0.263 e. The first kappa shape index (κ1) is 19.5. The first-order chi connectivity index (χ1) is 11.7. The first-order valence-electron chi connectivity index (χ1n) is 7.19. The maximum Gasteiger partial charge on any atom is 0.263 e. The van der Waals surface area contributed by atoms with E-state index in [4.69, 9.17) is 28.3 Å². The number of carbonyl (C=O) groups excluding carboxylic acids is 1. The minimum absolute atomic E-state index is 0.0503. The first-order valence-corrected chi connectivity index (χ1v) is 9.43. The number of aliphatic hydroxyl groups excluding tert-OH is 1. The number of hydrogen-bond acceptors (Lipinski definition) is 4. The second-order valence-corrected chi connectivity index (χ2v) is 7.70. The molecule has 25 heavy (non-hydrogen) atoms. The quantitative estimate of drug-likeness (QED) is 0.777. The van der Waals surface area contributed by atoms with Gasteiger partial charge in [0, 0.05) is 29.9 Å². The number of benzene rings is 2. The van der Waals surface area contributed by atoms with E-state index in [0.717, 1.165) is 0 Å². The van der Waals surface area contributed by atoms with E-state index in [1.165, 1.54) is 47.4 Å². The molecular weight excluding hydrogens is 387 g/mol. The van der Waals surface area contributed by atoms with Gasteiger partial charge in [0.05, 0.1) is 11.6 Å². The SMILES string of the molecule is CN(CCO)C(=O)c1ccc(NS(=O)(=O)c2cc(Cl)ccc2Cl)cc1. The number of hydrogen-bond donors (Lipinski definition) is 2. The molecule has 0 fully saturated rings. The number of aliphatic hydroxyl groups is 1. The highest BCUT2D eigenvalue weighted by Crippen LogP contribution is 2.27. The predicted octanol–water partition coefficient (Wildman–Crippen LogP) is 2.86. The summed E-state index contributed by atoms with van der Waals surface area (Å²) >= 11 is 11.8. The standard InChI is InChI=1S/C16H16Cl2N2O4S/c1-20(8-9-21)16(22)11-2-5-13(6-3-11)19-25(23,24)15-10-12(17)4-7-14(15)18/h2-7,10,19,21H,8-9H2,1H3. The molecule has 2 aromatic carbocycles. The van der Waals surface area contributed by atoms with Crippen LogP contribution in [0.5, 0.6) is 0 Å². The van der Waals surface area contributed by atoms with Crippen LogP contribution in [0.3, 0.4) is 0 Å². The maximum atomic E-state index is 12.4. The summed E-state index contributed by atoms with van der Waals surface area (Å²) < 4.78 is 27.2. The van der Waals surface area contributed by atoms with Crippen LogP contribution in [-0.4, -0.2) is 44.5 Å². The van der Waals surface area contributed by atoms with Gasteiger partial charge < -0.3 is 10.0 Å². The lowest BCUT2D eigenvalue weighted by Crippen LogP contribution is -2.29. The Balaban J connectivity index is 2.20. The lowest BCUT2D eigenvalue weighted by Gasteiger charge is -2.16. The van der Waals surface area contributed by atoms with Crippen LogP contribution in [0, 0.1) is 0 Å². The molecular formula is C16H16Cl2N2O4S. The molecule has 0 saturated heterocycles. The molecule has 0 aromatic heterocycles. The Morgan fingerprint density at radius 2 is 1.80 bits per heavy atom. The summed E-state index contributed by atoms with van der Waals surface area (Å²) in [7, 11) is -2.35. The molecule has 0 unspecified atom stereocenters. The normalized spacial score (nSPS) is 11.2. The zero-order chi connectivity index (χ0) is 18.6. The fraction of sp³-hybridized carbons (Fsp3) is 0.188. The van der Waals surface area contributed by atoms with E-state index in [1.54, 1.807) is 7.05 Å². The van der Waals surface area contributed by atoms with Crippen LogP contribution in [0.1, 0.15) is 10.4 Å². The molecule has 0 spiro atoms. The van der Waals surface area contributed by atoms with Crippen LogP contribution in [0.2, 0.25) is 10.0 Å².